The number of hydrogen-bond donors (Lipinski definition) is 0. The minimum Gasteiger partial charge on any atom is -0.378 e. The molecule has 0 bridgehead atoms. The Bertz CT molecular complexity index is 210. The first-order chi connectivity index (χ1) is 6.61. The van der Waals surface area contributed by atoms with Crippen molar-refractivity contribution in [2.24, 2.45) is 0 Å². The van der Waals surface area contributed by atoms with Crippen LogP contribution in [-0.2, 0) is 0 Å². The molecule has 0 radical (unpaired) electrons. The van der Waals surface area contributed by atoms with E-state index in [1.807, 2.05) is 42.0 Å². The van der Waals surface area contributed by atoms with Crippen LogP contribution in [0.25, 0.3) is 0 Å². The summed E-state index contributed by atoms with van der Waals surface area (Å²) in [5.41, 5.74) is 2.47. The van der Waals surface area contributed by atoms with Crippen LogP contribution in [0.5, 0.6) is 0 Å². The van der Waals surface area contributed by atoms with Crippen LogP contribution in [0.1, 0.15) is 13.8 Å². The molecule has 0 aliphatic carbocycles. The van der Waals surface area contributed by atoms with Gasteiger partial charge < -0.3 is 9.80 Å². The van der Waals surface area contributed by atoms with Gasteiger partial charge in [-0.25, -0.2) is 0 Å². The van der Waals surface area contributed by atoms with Crippen LogP contribution in [0.15, 0.2) is 24.3 Å². The number of hydrogen-bond acceptors (Lipinski definition) is 2. The second-order valence-corrected chi connectivity index (χ2v) is 3.31. The first-order valence-corrected chi connectivity index (χ1v) is 5.06. The van der Waals surface area contributed by atoms with Crippen molar-refractivity contribution in [1.82, 2.24) is 0 Å². The lowest BCUT2D eigenvalue weighted by Crippen LogP contribution is -2.10. The molecule has 1 rings (SSSR count). The summed E-state index contributed by atoms with van der Waals surface area (Å²) >= 11 is 0. The van der Waals surface area contributed by atoms with Gasteiger partial charge in [-0.2, -0.15) is 0 Å². The number of benzene rings is 1. The van der Waals surface area contributed by atoms with Crippen molar-refractivity contribution in [3.63, 3.8) is 0 Å². The van der Waals surface area contributed by atoms with Crippen LogP contribution in [0, 0.1) is 0 Å². The molecule has 0 aliphatic heterocycles. The van der Waals surface area contributed by atoms with Crippen molar-refractivity contribution in [3.05, 3.63) is 24.3 Å². The third-order valence-corrected chi connectivity index (χ3v) is 1.88. The Balaban J connectivity index is 0.000000791. The van der Waals surface area contributed by atoms with Gasteiger partial charge in [-0.05, 0) is 24.3 Å². The largest absolute Gasteiger partial charge is 0.378 e. The van der Waals surface area contributed by atoms with Gasteiger partial charge in [-0.3, -0.25) is 0 Å². The van der Waals surface area contributed by atoms with Gasteiger partial charge >= 0.3 is 0 Å². The summed E-state index contributed by atoms with van der Waals surface area (Å²) in [6.07, 6.45) is 0. The molecule has 0 heterocycles. The van der Waals surface area contributed by atoms with Gasteiger partial charge in [0.05, 0.1) is 0 Å². The van der Waals surface area contributed by atoms with E-state index in [4.69, 9.17) is 0 Å². The Morgan fingerprint density at radius 1 is 0.643 bits per heavy atom. The molecule has 2 nitrogen and oxygen atoms in total. The summed E-state index contributed by atoms with van der Waals surface area (Å²) in [4.78, 5) is 4.19. The second kappa shape index (κ2) is 6.30. The topological polar surface area (TPSA) is 6.48 Å². The fourth-order valence-corrected chi connectivity index (χ4v) is 1.05. The molecule has 0 atom stereocenters. The molecule has 0 fully saturated rings. The number of rotatable bonds is 2. The summed E-state index contributed by atoms with van der Waals surface area (Å²) in [7, 11) is 8.19. The first-order valence-electron chi connectivity index (χ1n) is 5.06. The SMILES string of the molecule is CC.CN(C)c1ccc(N(C)C)cc1. The average Bonchev–Trinajstić information content (AvgIpc) is 2.21. The van der Waals surface area contributed by atoms with Crippen LogP contribution in [0.3, 0.4) is 0 Å². The maximum Gasteiger partial charge on any atom is 0.0362 e. The molecule has 0 N–H and O–H groups in total. The molecule has 0 aromatic heterocycles. The van der Waals surface area contributed by atoms with Gasteiger partial charge in [-0.1, -0.05) is 13.8 Å². The Morgan fingerprint density at radius 3 is 1.00 bits per heavy atom. The van der Waals surface area contributed by atoms with Crippen LogP contribution >= 0.6 is 0 Å². The van der Waals surface area contributed by atoms with Crippen LogP contribution in [-0.4, -0.2) is 28.2 Å². The predicted octanol–water partition coefficient (Wildman–Crippen LogP) is 2.84. The van der Waals surface area contributed by atoms with E-state index in [9.17, 15) is 0 Å². The highest BCUT2D eigenvalue weighted by Gasteiger charge is 1.96. The van der Waals surface area contributed by atoms with Crippen LogP contribution < -0.4 is 9.80 Å². The lowest BCUT2D eigenvalue weighted by Gasteiger charge is -2.16. The van der Waals surface area contributed by atoms with Gasteiger partial charge in [0.15, 0.2) is 0 Å². The monoisotopic (exact) mass is 194 g/mol. The Kier molecular flexibility index (Phi) is 5.77. The normalized spacial score (nSPS) is 8.71. The van der Waals surface area contributed by atoms with Crippen LogP contribution in [0.4, 0.5) is 11.4 Å². The molecular weight excluding hydrogens is 172 g/mol. The van der Waals surface area contributed by atoms with Gasteiger partial charge in [0.1, 0.15) is 0 Å². The first kappa shape index (κ1) is 12.8. The summed E-state index contributed by atoms with van der Waals surface area (Å²) in [5.74, 6) is 0. The molecule has 0 spiro atoms. The van der Waals surface area contributed by atoms with Crippen molar-refractivity contribution >= 4 is 11.4 Å². The maximum atomic E-state index is 2.12. The van der Waals surface area contributed by atoms with Gasteiger partial charge in [-0.15, -0.1) is 0 Å². The van der Waals surface area contributed by atoms with Crippen molar-refractivity contribution in [1.29, 1.82) is 0 Å². The van der Waals surface area contributed by atoms with Gasteiger partial charge in [0.2, 0.25) is 0 Å². The molecule has 0 saturated heterocycles. The summed E-state index contributed by atoms with van der Waals surface area (Å²) in [5, 5.41) is 0. The van der Waals surface area contributed by atoms with E-state index >= 15 is 0 Å². The minimum absolute atomic E-state index is 1.24. The lowest BCUT2D eigenvalue weighted by molar-refractivity contribution is 1.11. The van der Waals surface area contributed by atoms with E-state index in [0.29, 0.717) is 0 Å². The van der Waals surface area contributed by atoms with E-state index < -0.39 is 0 Å². The smallest absolute Gasteiger partial charge is 0.0362 e. The molecule has 0 amide bonds. The quantitative estimate of drug-likeness (QED) is 0.714. The van der Waals surface area contributed by atoms with E-state index in [1.54, 1.807) is 0 Å². The van der Waals surface area contributed by atoms with E-state index in [1.165, 1.54) is 11.4 Å². The minimum atomic E-state index is 1.24. The fourth-order valence-electron chi connectivity index (χ4n) is 1.05. The van der Waals surface area contributed by atoms with Gasteiger partial charge in [0.25, 0.3) is 0 Å². The van der Waals surface area contributed by atoms with Crippen molar-refractivity contribution in [2.45, 2.75) is 13.8 Å². The standard InChI is InChI=1S/C10H16N2.C2H6/c1-11(2)9-5-7-10(8-6-9)12(3)4;1-2/h5-8H,1-4H3;1-2H3. The zero-order valence-electron chi connectivity index (χ0n) is 10.2. The predicted molar refractivity (Wildman–Crippen MR) is 66.4 cm³/mol. The molecular formula is C12H22N2. The second-order valence-electron chi connectivity index (χ2n) is 3.31. The molecule has 14 heavy (non-hydrogen) atoms. The molecule has 0 saturated carbocycles. The summed E-state index contributed by atoms with van der Waals surface area (Å²) < 4.78 is 0. The number of nitrogens with zero attached hydrogens (tertiary/aromatic N) is 2. The third kappa shape index (κ3) is 3.69. The zero-order chi connectivity index (χ0) is 11.1. The molecule has 1 aromatic carbocycles. The van der Waals surface area contributed by atoms with E-state index in [2.05, 4.69) is 34.1 Å². The van der Waals surface area contributed by atoms with Crippen molar-refractivity contribution in [3.8, 4) is 0 Å². The van der Waals surface area contributed by atoms with Crippen molar-refractivity contribution < 1.29 is 0 Å². The fraction of sp³-hybridized carbons (Fsp3) is 0.500. The third-order valence-electron chi connectivity index (χ3n) is 1.88. The highest BCUT2D eigenvalue weighted by atomic mass is 15.1. The Morgan fingerprint density at radius 2 is 0.857 bits per heavy atom. The van der Waals surface area contributed by atoms with E-state index in [-0.39, 0.29) is 0 Å². The molecule has 2 heteroatoms. The molecule has 0 unspecified atom stereocenters. The van der Waals surface area contributed by atoms with Gasteiger partial charge in [0, 0.05) is 39.6 Å². The average molecular weight is 194 g/mol. The van der Waals surface area contributed by atoms with Crippen molar-refractivity contribution in [2.75, 3.05) is 38.0 Å². The zero-order valence-corrected chi connectivity index (χ0v) is 10.2. The van der Waals surface area contributed by atoms with E-state index in [0.717, 1.165) is 0 Å². The highest BCUT2D eigenvalue weighted by Crippen LogP contribution is 2.16. The Labute approximate surface area is 88.1 Å². The summed E-state index contributed by atoms with van der Waals surface area (Å²) in [6, 6.07) is 8.48. The lowest BCUT2D eigenvalue weighted by atomic mass is 10.2. The molecule has 80 valence electrons. The number of anilines is 2. The Hall–Kier alpha value is -1.18. The van der Waals surface area contributed by atoms with Crippen LogP contribution in [0.2, 0.25) is 0 Å². The molecule has 0 aliphatic rings. The summed E-state index contributed by atoms with van der Waals surface area (Å²) in [6.45, 7) is 4.00. The maximum absolute atomic E-state index is 2.12. The highest BCUT2D eigenvalue weighted by molar-refractivity contribution is 5.54. The molecule has 1 aromatic rings.